The highest BCUT2D eigenvalue weighted by molar-refractivity contribution is 9.10. The number of rotatable bonds is 2. The first-order chi connectivity index (χ1) is 11.2. The Morgan fingerprint density at radius 1 is 1.21 bits per heavy atom. The number of para-hydroxylation sites is 1. The van der Waals surface area contributed by atoms with Crippen molar-refractivity contribution in [2.45, 2.75) is 45.3 Å². The van der Waals surface area contributed by atoms with Gasteiger partial charge < -0.3 is 19.7 Å². The molecular weight excluding hydrogens is 376 g/mol. The van der Waals surface area contributed by atoms with E-state index < -0.39 is 11.7 Å². The summed E-state index contributed by atoms with van der Waals surface area (Å²) in [7, 11) is 0. The van der Waals surface area contributed by atoms with Crippen LogP contribution in [0, 0.1) is 0 Å². The Balaban J connectivity index is 1.77. The van der Waals surface area contributed by atoms with Gasteiger partial charge in [-0.05, 0) is 61.7 Å². The number of hydrogen-bond donors (Lipinski definition) is 1. The highest BCUT2D eigenvalue weighted by atomic mass is 79.9. The van der Waals surface area contributed by atoms with Crippen molar-refractivity contribution in [3.8, 4) is 5.75 Å². The minimum atomic E-state index is -0.501. The molecule has 1 aliphatic rings. The van der Waals surface area contributed by atoms with E-state index in [1.807, 2.05) is 32.9 Å². The fourth-order valence-corrected chi connectivity index (χ4v) is 2.72. The van der Waals surface area contributed by atoms with Gasteiger partial charge in [0.2, 0.25) is 0 Å². The zero-order valence-electron chi connectivity index (χ0n) is 14.2. The Morgan fingerprint density at radius 2 is 1.83 bits per heavy atom. The van der Waals surface area contributed by atoms with E-state index in [-0.39, 0.29) is 12.1 Å². The molecule has 1 fully saturated rings. The fourth-order valence-electron chi connectivity index (χ4n) is 2.36. The summed E-state index contributed by atoms with van der Waals surface area (Å²) in [5.74, 6) is 0.473. The molecule has 0 radical (unpaired) electrons. The molecule has 1 aromatic rings. The van der Waals surface area contributed by atoms with Crippen LogP contribution in [-0.4, -0.2) is 41.8 Å². The molecule has 2 amide bonds. The molecule has 0 spiro atoms. The van der Waals surface area contributed by atoms with Crippen LogP contribution in [0.1, 0.15) is 33.6 Å². The van der Waals surface area contributed by atoms with E-state index in [4.69, 9.17) is 9.47 Å². The molecule has 0 bridgehead atoms. The smallest absolute Gasteiger partial charge is 0.412 e. The number of hydrogen-bond acceptors (Lipinski definition) is 4. The minimum Gasteiger partial charge on any atom is -0.444 e. The molecule has 0 aromatic heterocycles. The standard InChI is InChI=1S/C17H23BrN2O4/c1-17(2,3)24-16(22)20-10-8-12(9-11-20)19-15(21)23-14-7-5-4-6-13(14)18/h4-7,12H,8-11H2,1-3H3,(H,19,21). The van der Waals surface area contributed by atoms with Crippen molar-refractivity contribution in [3.63, 3.8) is 0 Å². The average molecular weight is 399 g/mol. The number of nitrogens with one attached hydrogen (secondary N) is 1. The highest BCUT2D eigenvalue weighted by Crippen LogP contribution is 2.24. The van der Waals surface area contributed by atoms with Gasteiger partial charge in [-0.25, -0.2) is 9.59 Å². The third-order valence-electron chi connectivity index (χ3n) is 3.51. The summed E-state index contributed by atoms with van der Waals surface area (Å²) >= 11 is 3.33. The van der Waals surface area contributed by atoms with Crippen molar-refractivity contribution in [1.82, 2.24) is 10.2 Å². The average Bonchev–Trinajstić information content (AvgIpc) is 2.48. The molecule has 7 heteroatoms. The van der Waals surface area contributed by atoms with Gasteiger partial charge in [-0.15, -0.1) is 0 Å². The summed E-state index contributed by atoms with van der Waals surface area (Å²) in [6.45, 7) is 6.63. The van der Waals surface area contributed by atoms with Gasteiger partial charge in [0.05, 0.1) is 4.47 Å². The van der Waals surface area contributed by atoms with Crippen molar-refractivity contribution >= 4 is 28.1 Å². The molecule has 2 rings (SSSR count). The van der Waals surface area contributed by atoms with E-state index in [1.54, 1.807) is 17.0 Å². The molecular formula is C17H23BrN2O4. The van der Waals surface area contributed by atoms with E-state index in [9.17, 15) is 9.59 Å². The van der Waals surface area contributed by atoms with Crippen LogP contribution in [0.25, 0.3) is 0 Å². The molecule has 6 nitrogen and oxygen atoms in total. The van der Waals surface area contributed by atoms with Crippen LogP contribution in [0.15, 0.2) is 28.7 Å². The van der Waals surface area contributed by atoms with Gasteiger partial charge in [0.25, 0.3) is 0 Å². The van der Waals surface area contributed by atoms with Crippen molar-refractivity contribution in [2.75, 3.05) is 13.1 Å². The summed E-state index contributed by atoms with van der Waals surface area (Å²) in [4.78, 5) is 25.7. The summed E-state index contributed by atoms with van der Waals surface area (Å²) in [6.07, 6.45) is 0.545. The quantitative estimate of drug-likeness (QED) is 0.818. The molecule has 1 heterocycles. The molecule has 0 aliphatic carbocycles. The summed E-state index contributed by atoms with van der Waals surface area (Å²) in [6, 6.07) is 7.16. The molecule has 132 valence electrons. The van der Waals surface area contributed by atoms with Crippen molar-refractivity contribution < 1.29 is 19.1 Å². The van der Waals surface area contributed by atoms with E-state index >= 15 is 0 Å². The van der Waals surface area contributed by atoms with Crippen LogP contribution in [-0.2, 0) is 4.74 Å². The number of amides is 2. The molecule has 24 heavy (non-hydrogen) atoms. The SMILES string of the molecule is CC(C)(C)OC(=O)N1CCC(NC(=O)Oc2ccccc2Br)CC1. The maximum absolute atomic E-state index is 12.0. The van der Waals surface area contributed by atoms with Gasteiger partial charge in [-0.1, -0.05) is 12.1 Å². The maximum atomic E-state index is 12.0. The van der Waals surface area contributed by atoms with E-state index in [0.29, 0.717) is 31.7 Å². The minimum absolute atomic E-state index is 0.0151. The predicted molar refractivity (Wildman–Crippen MR) is 94.1 cm³/mol. The van der Waals surface area contributed by atoms with Crippen LogP contribution in [0.2, 0.25) is 0 Å². The van der Waals surface area contributed by atoms with Crippen molar-refractivity contribution in [2.24, 2.45) is 0 Å². The monoisotopic (exact) mass is 398 g/mol. The van der Waals surface area contributed by atoms with Crippen LogP contribution in [0.5, 0.6) is 5.75 Å². The number of ether oxygens (including phenoxy) is 2. The molecule has 1 aliphatic heterocycles. The number of nitrogens with zero attached hydrogens (tertiary/aromatic N) is 1. The fraction of sp³-hybridized carbons (Fsp3) is 0.529. The lowest BCUT2D eigenvalue weighted by atomic mass is 10.1. The van der Waals surface area contributed by atoms with Gasteiger partial charge in [0, 0.05) is 19.1 Å². The normalized spacial score (nSPS) is 15.8. The number of carbonyl (C=O) groups is 2. The Kier molecular flexibility index (Phi) is 6.10. The first-order valence-corrected chi connectivity index (χ1v) is 8.75. The number of carbonyl (C=O) groups excluding carboxylic acids is 2. The van der Waals surface area contributed by atoms with Crippen LogP contribution in [0.3, 0.4) is 0 Å². The Morgan fingerprint density at radius 3 is 2.42 bits per heavy atom. The van der Waals surface area contributed by atoms with Crippen LogP contribution < -0.4 is 10.1 Å². The second-order valence-corrected chi connectivity index (χ2v) is 7.56. The third-order valence-corrected chi connectivity index (χ3v) is 4.16. The zero-order valence-corrected chi connectivity index (χ0v) is 15.8. The van der Waals surface area contributed by atoms with Crippen LogP contribution >= 0.6 is 15.9 Å². The molecule has 0 atom stereocenters. The van der Waals surface area contributed by atoms with E-state index in [0.717, 1.165) is 4.47 Å². The first kappa shape index (κ1) is 18.6. The summed E-state index contributed by atoms with van der Waals surface area (Å²) in [5.41, 5.74) is -0.501. The Labute approximate surface area is 150 Å². The molecule has 1 saturated heterocycles. The van der Waals surface area contributed by atoms with Crippen LogP contribution in [0.4, 0.5) is 9.59 Å². The number of benzene rings is 1. The third kappa shape index (κ3) is 5.70. The number of halogens is 1. The summed E-state index contributed by atoms with van der Waals surface area (Å²) < 4.78 is 11.4. The zero-order chi connectivity index (χ0) is 17.7. The lowest BCUT2D eigenvalue weighted by Crippen LogP contribution is -2.48. The lowest BCUT2D eigenvalue weighted by molar-refractivity contribution is 0.0200. The largest absolute Gasteiger partial charge is 0.444 e. The topological polar surface area (TPSA) is 67.9 Å². The molecule has 0 unspecified atom stereocenters. The highest BCUT2D eigenvalue weighted by Gasteiger charge is 2.27. The van der Waals surface area contributed by atoms with Crippen molar-refractivity contribution in [3.05, 3.63) is 28.7 Å². The maximum Gasteiger partial charge on any atom is 0.412 e. The van der Waals surface area contributed by atoms with Crippen molar-refractivity contribution in [1.29, 1.82) is 0 Å². The summed E-state index contributed by atoms with van der Waals surface area (Å²) in [5, 5.41) is 2.84. The van der Waals surface area contributed by atoms with Gasteiger partial charge in [0.15, 0.2) is 0 Å². The van der Waals surface area contributed by atoms with E-state index in [1.165, 1.54) is 0 Å². The van der Waals surface area contributed by atoms with Gasteiger partial charge in [0.1, 0.15) is 11.4 Å². The number of piperidine rings is 1. The first-order valence-electron chi connectivity index (χ1n) is 7.95. The lowest BCUT2D eigenvalue weighted by Gasteiger charge is -2.33. The molecule has 0 saturated carbocycles. The Bertz CT molecular complexity index is 592. The predicted octanol–water partition coefficient (Wildman–Crippen LogP) is 3.94. The number of likely N-dealkylation sites (tertiary alicyclic amines) is 1. The van der Waals surface area contributed by atoms with Gasteiger partial charge >= 0.3 is 12.2 Å². The molecule has 1 N–H and O–H groups in total. The van der Waals surface area contributed by atoms with Gasteiger partial charge in [-0.3, -0.25) is 0 Å². The second-order valence-electron chi connectivity index (χ2n) is 6.71. The van der Waals surface area contributed by atoms with Gasteiger partial charge in [-0.2, -0.15) is 0 Å². The second kappa shape index (κ2) is 7.88. The Hall–Kier alpha value is -1.76. The molecule has 1 aromatic carbocycles. The van der Waals surface area contributed by atoms with E-state index in [2.05, 4.69) is 21.2 Å².